The third-order valence-corrected chi connectivity index (χ3v) is 13.1. The molecular formula is C48H46O2Si. The van der Waals surface area contributed by atoms with Crippen molar-refractivity contribution in [3.8, 4) is 22.3 Å². The van der Waals surface area contributed by atoms with Gasteiger partial charge in [-0.25, -0.2) is 0 Å². The molecule has 2 atom stereocenters. The van der Waals surface area contributed by atoms with Crippen LogP contribution in [0.2, 0.25) is 12.1 Å². The quantitative estimate of drug-likeness (QED) is 0.149. The number of fused-ring (bicyclic) bond motifs is 2. The van der Waals surface area contributed by atoms with E-state index in [1.807, 2.05) is 0 Å². The van der Waals surface area contributed by atoms with E-state index in [0.29, 0.717) is 0 Å². The number of allylic oxidation sites excluding steroid dienone is 2. The lowest BCUT2D eigenvalue weighted by Crippen LogP contribution is -2.08. The van der Waals surface area contributed by atoms with Gasteiger partial charge in [0.1, 0.15) is 23.0 Å². The van der Waals surface area contributed by atoms with Gasteiger partial charge < -0.3 is 8.83 Å². The highest BCUT2D eigenvalue weighted by molar-refractivity contribution is 6.37. The van der Waals surface area contributed by atoms with Crippen molar-refractivity contribution in [3.63, 3.8) is 0 Å². The van der Waals surface area contributed by atoms with E-state index in [-0.39, 0.29) is 11.8 Å². The predicted molar refractivity (Wildman–Crippen MR) is 216 cm³/mol. The van der Waals surface area contributed by atoms with Gasteiger partial charge in [-0.3, -0.25) is 0 Å². The molecule has 0 amide bonds. The Morgan fingerprint density at radius 2 is 0.882 bits per heavy atom. The minimum absolute atomic E-state index is 0.270. The summed E-state index contributed by atoms with van der Waals surface area (Å²) >= 11 is 0. The fourth-order valence-corrected chi connectivity index (χ4v) is 9.97. The number of aryl methyl sites for hydroxylation is 6. The lowest BCUT2D eigenvalue weighted by atomic mass is 9.87. The Balaban J connectivity index is 1.20. The molecule has 6 aromatic rings. The first-order chi connectivity index (χ1) is 24.6. The summed E-state index contributed by atoms with van der Waals surface area (Å²) in [4.78, 5) is 0. The van der Waals surface area contributed by atoms with E-state index in [2.05, 4.69) is 152 Å². The standard InChI is InChI=1S/C48H46O2Si/c1-27-19-37-41(47(31(27)5)35-15-11-9-12-16-35)23-39(45-21-29(3)33(7)49-45)43(37)25-51-26-44-38-20-28(2)32(6)48(36-17-13-10-14-18-36)42(38)24-40(44)46-22-30(4)34(8)50-46/h9-24,43-44H,25-26H2,1-8H3. The Morgan fingerprint density at radius 3 is 1.24 bits per heavy atom. The molecule has 0 saturated heterocycles. The van der Waals surface area contributed by atoms with E-state index in [1.165, 1.54) is 89.0 Å². The maximum atomic E-state index is 6.47. The topological polar surface area (TPSA) is 26.3 Å². The molecule has 0 saturated carbocycles. The summed E-state index contributed by atoms with van der Waals surface area (Å²) in [6, 6.07) is 33.4. The third kappa shape index (κ3) is 5.72. The van der Waals surface area contributed by atoms with Crippen molar-refractivity contribution in [2.45, 2.75) is 79.3 Å². The molecule has 0 spiro atoms. The lowest BCUT2D eigenvalue weighted by molar-refractivity contribution is 0.516. The predicted octanol–water partition coefficient (Wildman–Crippen LogP) is 13.2. The molecule has 8 rings (SSSR count). The molecule has 2 aliphatic carbocycles. The first kappa shape index (κ1) is 33.3. The molecule has 4 aromatic carbocycles. The molecule has 254 valence electrons. The fraction of sp³-hybridized carbons (Fsp3) is 0.250. The van der Waals surface area contributed by atoms with Gasteiger partial charge in [-0.1, -0.05) is 72.8 Å². The van der Waals surface area contributed by atoms with Gasteiger partial charge in [-0.2, -0.15) is 0 Å². The van der Waals surface area contributed by atoms with Crippen LogP contribution in [0.3, 0.4) is 0 Å². The summed E-state index contributed by atoms with van der Waals surface area (Å²) < 4.78 is 12.9. The van der Waals surface area contributed by atoms with E-state index in [4.69, 9.17) is 8.83 Å². The summed E-state index contributed by atoms with van der Waals surface area (Å²) in [6.07, 6.45) is 4.89. The largest absolute Gasteiger partial charge is 0.461 e. The van der Waals surface area contributed by atoms with E-state index >= 15 is 0 Å². The molecule has 0 aliphatic heterocycles. The van der Waals surface area contributed by atoms with E-state index in [9.17, 15) is 0 Å². The lowest BCUT2D eigenvalue weighted by Gasteiger charge is -2.22. The molecule has 0 N–H and O–H groups in total. The minimum Gasteiger partial charge on any atom is -0.461 e. The Bertz CT molecular complexity index is 2160. The maximum absolute atomic E-state index is 6.47. The van der Waals surface area contributed by atoms with Gasteiger partial charge in [0, 0.05) is 32.5 Å². The highest BCUT2D eigenvalue weighted by atomic mass is 28.2. The van der Waals surface area contributed by atoms with Crippen LogP contribution >= 0.6 is 0 Å². The van der Waals surface area contributed by atoms with Gasteiger partial charge in [0.15, 0.2) is 0 Å². The molecule has 2 aliphatic rings. The first-order valence-electron chi connectivity index (χ1n) is 18.3. The van der Waals surface area contributed by atoms with Gasteiger partial charge >= 0.3 is 0 Å². The normalized spacial score (nSPS) is 16.3. The third-order valence-electron chi connectivity index (χ3n) is 11.7. The van der Waals surface area contributed by atoms with Gasteiger partial charge in [0.05, 0.1) is 0 Å². The van der Waals surface area contributed by atoms with E-state index < -0.39 is 0 Å². The highest BCUT2D eigenvalue weighted by Gasteiger charge is 2.34. The Labute approximate surface area is 305 Å². The smallest absolute Gasteiger partial charge is 0.131 e. The maximum Gasteiger partial charge on any atom is 0.131 e. The van der Waals surface area contributed by atoms with Crippen LogP contribution < -0.4 is 0 Å². The second-order valence-corrected chi connectivity index (χ2v) is 16.1. The zero-order valence-corrected chi connectivity index (χ0v) is 32.1. The Kier molecular flexibility index (Phi) is 8.51. The van der Waals surface area contributed by atoms with Crippen LogP contribution in [0.1, 0.15) is 90.5 Å². The Morgan fingerprint density at radius 1 is 0.490 bits per heavy atom. The molecule has 2 aromatic heterocycles. The monoisotopic (exact) mass is 682 g/mol. The van der Waals surface area contributed by atoms with Crippen LogP contribution in [0.5, 0.6) is 0 Å². The molecule has 2 radical (unpaired) electrons. The SMILES string of the molecule is Cc1cc(C2=Cc3c(cc(C)c(C)c3-c3ccccc3)C2C[Si]CC2C(c3cc(C)c(C)o3)=Cc3c2cc(C)c(C)c3-c2ccccc2)oc1C. The molecular weight excluding hydrogens is 637 g/mol. The average Bonchev–Trinajstić information content (AvgIpc) is 3.86. The van der Waals surface area contributed by atoms with Crippen LogP contribution in [0.4, 0.5) is 0 Å². The number of rotatable bonds is 8. The van der Waals surface area contributed by atoms with Crippen molar-refractivity contribution in [1.82, 2.24) is 0 Å². The van der Waals surface area contributed by atoms with Crippen LogP contribution in [-0.4, -0.2) is 9.52 Å². The molecule has 2 unspecified atom stereocenters. The number of benzene rings is 4. The van der Waals surface area contributed by atoms with Crippen LogP contribution in [0.25, 0.3) is 45.6 Å². The molecule has 0 bridgehead atoms. The average molecular weight is 683 g/mol. The number of hydrogen-bond donors (Lipinski definition) is 0. The summed E-state index contributed by atoms with van der Waals surface area (Å²) in [5, 5.41) is 0. The molecule has 2 nitrogen and oxygen atoms in total. The fourth-order valence-electron chi connectivity index (χ4n) is 8.34. The minimum atomic E-state index is 0.270. The Hall–Kier alpha value is -4.86. The van der Waals surface area contributed by atoms with Crippen molar-refractivity contribution >= 4 is 32.8 Å². The van der Waals surface area contributed by atoms with Crippen molar-refractivity contribution in [2.75, 3.05) is 0 Å². The summed E-state index contributed by atoms with van der Waals surface area (Å²) in [7, 11) is 0.744. The van der Waals surface area contributed by atoms with Crippen LogP contribution in [-0.2, 0) is 0 Å². The summed E-state index contributed by atoms with van der Waals surface area (Å²) in [5.41, 5.74) is 21.3. The van der Waals surface area contributed by atoms with Gasteiger partial charge in [-0.05, 0) is 170 Å². The van der Waals surface area contributed by atoms with Crippen molar-refractivity contribution < 1.29 is 8.83 Å². The number of furan rings is 2. The van der Waals surface area contributed by atoms with E-state index in [1.54, 1.807) is 0 Å². The van der Waals surface area contributed by atoms with Crippen LogP contribution in [0.15, 0.2) is 93.8 Å². The first-order valence-corrected chi connectivity index (χ1v) is 19.7. The van der Waals surface area contributed by atoms with Gasteiger partial charge in [-0.15, -0.1) is 0 Å². The van der Waals surface area contributed by atoms with Crippen molar-refractivity contribution in [1.29, 1.82) is 0 Å². The zero-order valence-electron chi connectivity index (χ0n) is 31.1. The molecule has 0 fully saturated rings. The molecule has 3 heteroatoms. The second kappa shape index (κ2) is 13.0. The van der Waals surface area contributed by atoms with Crippen molar-refractivity contribution in [3.05, 3.63) is 164 Å². The zero-order chi connectivity index (χ0) is 35.6. The van der Waals surface area contributed by atoms with Gasteiger partial charge in [0.25, 0.3) is 0 Å². The number of hydrogen-bond acceptors (Lipinski definition) is 2. The second-order valence-electron chi connectivity index (χ2n) is 14.8. The molecule has 2 heterocycles. The van der Waals surface area contributed by atoms with Crippen LogP contribution in [0, 0.1) is 55.4 Å². The van der Waals surface area contributed by atoms with Gasteiger partial charge in [0.2, 0.25) is 0 Å². The highest BCUT2D eigenvalue weighted by Crippen LogP contribution is 2.52. The summed E-state index contributed by atoms with van der Waals surface area (Å²) in [6.45, 7) is 17.6. The summed E-state index contributed by atoms with van der Waals surface area (Å²) in [5.74, 6) is 4.56. The molecule has 51 heavy (non-hydrogen) atoms. The van der Waals surface area contributed by atoms with Crippen molar-refractivity contribution in [2.24, 2.45) is 0 Å². The van der Waals surface area contributed by atoms with E-state index in [0.717, 1.165) is 44.6 Å².